The van der Waals surface area contributed by atoms with E-state index in [9.17, 15) is 4.79 Å². The van der Waals surface area contributed by atoms with Crippen molar-refractivity contribution in [3.63, 3.8) is 0 Å². The van der Waals surface area contributed by atoms with Gasteiger partial charge >= 0.3 is 5.97 Å². The summed E-state index contributed by atoms with van der Waals surface area (Å²) >= 11 is 2.18. The first-order valence-electron chi connectivity index (χ1n) is 5.03. The fourth-order valence-corrected chi connectivity index (χ4v) is 1.77. The molecule has 0 unspecified atom stereocenters. The van der Waals surface area contributed by atoms with Crippen molar-refractivity contribution >= 4 is 28.6 Å². The molecule has 1 aromatic carbocycles. The number of nitrogens with zero attached hydrogens (tertiary/aromatic N) is 2. The van der Waals surface area contributed by atoms with E-state index in [0.717, 1.165) is 3.57 Å². The van der Waals surface area contributed by atoms with Gasteiger partial charge in [-0.25, -0.2) is 9.78 Å². The van der Waals surface area contributed by atoms with Gasteiger partial charge in [-0.1, -0.05) is 6.07 Å². The van der Waals surface area contributed by atoms with Crippen LogP contribution in [0.2, 0.25) is 0 Å². The predicted octanol–water partition coefficient (Wildman–Crippen LogP) is 2.66. The van der Waals surface area contributed by atoms with Crippen LogP contribution in [0, 0.1) is 3.57 Å². The molecule has 0 aliphatic heterocycles. The highest BCUT2D eigenvalue weighted by molar-refractivity contribution is 14.1. The molecule has 1 aromatic heterocycles. The van der Waals surface area contributed by atoms with Crippen LogP contribution >= 0.6 is 22.6 Å². The van der Waals surface area contributed by atoms with Crippen LogP contribution in [0.1, 0.15) is 10.5 Å². The second kappa shape index (κ2) is 5.76. The molecule has 0 radical (unpaired) electrons. The van der Waals surface area contributed by atoms with Crippen LogP contribution in [0.3, 0.4) is 0 Å². The molecule has 0 amide bonds. The Morgan fingerprint density at radius 3 is 2.89 bits per heavy atom. The Hall–Kier alpha value is -1.70. The molecule has 2 aromatic rings. The van der Waals surface area contributed by atoms with Gasteiger partial charge in [0.1, 0.15) is 5.75 Å². The minimum absolute atomic E-state index is 0.112. The van der Waals surface area contributed by atoms with Gasteiger partial charge in [-0.15, -0.1) is 0 Å². The number of halogens is 1. The van der Waals surface area contributed by atoms with E-state index >= 15 is 0 Å². The molecule has 5 nitrogen and oxygen atoms in total. The van der Waals surface area contributed by atoms with Crippen LogP contribution in [0.4, 0.5) is 0 Å². The largest absolute Gasteiger partial charge is 0.464 e. The Balaban J connectivity index is 2.22. The fraction of sp³-hybridized carbons (Fsp3) is 0.0833. The zero-order valence-electron chi connectivity index (χ0n) is 9.46. The van der Waals surface area contributed by atoms with Crippen molar-refractivity contribution in [2.45, 2.75) is 0 Å². The first-order valence-corrected chi connectivity index (χ1v) is 6.10. The SMILES string of the molecule is COC(=O)c1cncc(Oc2cccc(I)c2)n1. The average molecular weight is 356 g/mol. The van der Waals surface area contributed by atoms with Crippen LogP contribution in [-0.2, 0) is 4.74 Å². The highest BCUT2D eigenvalue weighted by Crippen LogP contribution is 2.20. The second-order valence-corrected chi connectivity index (χ2v) is 4.54. The molecule has 0 spiro atoms. The van der Waals surface area contributed by atoms with Gasteiger partial charge in [0.15, 0.2) is 5.69 Å². The van der Waals surface area contributed by atoms with Crippen LogP contribution in [0.15, 0.2) is 36.7 Å². The molecular formula is C12H9IN2O3. The number of aromatic nitrogens is 2. The normalized spacial score (nSPS) is 9.89. The van der Waals surface area contributed by atoms with E-state index in [1.165, 1.54) is 19.5 Å². The number of methoxy groups -OCH3 is 1. The molecule has 18 heavy (non-hydrogen) atoms. The zero-order valence-corrected chi connectivity index (χ0v) is 11.6. The number of carbonyl (C=O) groups is 1. The van der Waals surface area contributed by atoms with E-state index in [0.29, 0.717) is 5.75 Å². The molecule has 1 heterocycles. The number of ether oxygens (including phenoxy) is 2. The van der Waals surface area contributed by atoms with Gasteiger partial charge in [-0.2, -0.15) is 0 Å². The maximum Gasteiger partial charge on any atom is 0.358 e. The number of esters is 1. The lowest BCUT2D eigenvalue weighted by Gasteiger charge is -2.05. The van der Waals surface area contributed by atoms with E-state index < -0.39 is 5.97 Å². The van der Waals surface area contributed by atoms with Crippen molar-refractivity contribution in [3.8, 4) is 11.6 Å². The van der Waals surface area contributed by atoms with Gasteiger partial charge in [0.05, 0.1) is 19.5 Å². The summed E-state index contributed by atoms with van der Waals surface area (Å²) in [6, 6.07) is 7.47. The quantitative estimate of drug-likeness (QED) is 0.625. The third kappa shape index (κ3) is 3.16. The molecule has 0 aliphatic carbocycles. The van der Waals surface area contributed by atoms with Crippen molar-refractivity contribution < 1.29 is 14.3 Å². The molecule has 0 aliphatic rings. The summed E-state index contributed by atoms with van der Waals surface area (Å²) in [6.45, 7) is 0. The Kier molecular flexibility index (Phi) is 4.08. The van der Waals surface area contributed by atoms with Crippen molar-refractivity contribution in [2.24, 2.45) is 0 Å². The van der Waals surface area contributed by atoms with Crippen molar-refractivity contribution in [1.29, 1.82) is 0 Å². The summed E-state index contributed by atoms with van der Waals surface area (Å²) in [6.07, 6.45) is 2.76. The smallest absolute Gasteiger partial charge is 0.358 e. The van der Waals surface area contributed by atoms with Gasteiger partial charge in [-0.3, -0.25) is 4.98 Å². The Labute approximate surface area is 117 Å². The number of hydrogen-bond acceptors (Lipinski definition) is 5. The minimum atomic E-state index is -0.546. The highest BCUT2D eigenvalue weighted by Gasteiger charge is 2.09. The number of hydrogen-bond donors (Lipinski definition) is 0. The number of benzene rings is 1. The van der Waals surface area contributed by atoms with Crippen molar-refractivity contribution in [3.05, 3.63) is 45.9 Å². The van der Waals surface area contributed by atoms with E-state index in [-0.39, 0.29) is 11.6 Å². The highest BCUT2D eigenvalue weighted by atomic mass is 127. The molecule has 0 bridgehead atoms. The average Bonchev–Trinajstić information content (AvgIpc) is 2.38. The summed E-state index contributed by atoms with van der Waals surface area (Å²) in [5.41, 5.74) is 0.112. The molecule has 0 saturated carbocycles. The van der Waals surface area contributed by atoms with Crippen LogP contribution < -0.4 is 4.74 Å². The topological polar surface area (TPSA) is 61.3 Å². The van der Waals surface area contributed by atoms with Gasteiger partial charge in [0.25, 0.3) is 0 Å². The lowest BCUT2D eigenvalue weighted by molar-refractivity contribution is 0.0592. The lowest BCUT2D eigenvalue weighted by Crippen LogP contribution is -2.05. The standard InChI is InChI=1S/C12H9IN2O3/c1-17-12(16)10-6-14-7-11(15-10)18-9-4-2-3-8(13)5-9/h2-7H,1H3. The van der Waals surface area contributed by atoms with E-state index in [2.05, 4.69) is 37.3 Å². The zero-order chi connectivity index (χ0) is 13.0. The Morgan fingerprint density at radius 2 is 2.17 bits per heavy atom. The summed E-state index contributed by atoms with van der Waals surface area (Å²) in [7, 11) is 1.29. The first-order chi connectivity index (χ1) is 8.69. The maximum absolute atomic E-state index is 11.3. The van der Waals surface area contributed by atoms with E-state index in [1.54, 1.807) is 6.07 Å². The van der Waals surface area contributed by atoms with Gasteiger partial charge in [0, 0.05) is 3.57 Å². The molecule has 92 valence electrons. The van der Waals surface area contributed by atoms with Gasteiger partial charge < -0.3 is 9.47 Å². The van der Waals surface area contributed by atoms with Gasteiger partial charge in [-0.05, 0) is 40.8 Å². The predicted molar refractivity (Wildman–Crippen MR) is 72.6 cm³/mol. The summed E-state index contributed by atoms with van der Waals surface area (Å²) in [5.74, 6) is 0.341. The maximum atomic E-state index is 11.3. The minimum Gasteiger partial charge on any atom is -0.464 e. The lowest BCUT2D eigenvalue weighted by atomic mass is 10.3. The summed E-state index contributed by atoms with van der Waals surface area (Å²) in [4.78, 5) is 19.2. The molecular weight excluding hydrogens is 347 g/mol. The molecule has 0 atom stereocenters. The third-order valence-electron chi connectivity index (χ3n) is 2.03. The van der Waals surface area contributed by atoms with Gasteiger partial charge in [0.2, 0.25) is 5.88 Å². The molecule has 0 saturated heterocycles. The molecule has 0 fully saturated rings. The van der Waals surface area contributed by atoms with Crippen molar-refractivity contribution in [2.75, 3.05) is 7.11 Å². The summed E-state index contributed by atoms with van der Waals surface area (Å²) in [5, 5.41) is 0. The second-order valence-electron chi connectivity index (χ2n) is 3.29. The fourth-order valence-electron chi connectivity index (χ4n) is 1.25. The Morgan fingerprint density at radius 1 is 1.33 bits per heavy atom. The van der Waals surface area contributed by atoms with Crippen LogP contribution in [0.25, 0.3) is 0 Å². The third-order valence-corrected chi connectivity index (χ3v) is 2.70. The molecule has 2 rings (SSSR count). The van der Waals surface area contributed by atoms with E-state index in [4.69, 9.17) is 4.74 Å². The molecule has 0 N–H and O–H groups in total. The monoisotopic (exact) mass is 356 g/mol. The first kappa shape index (κ1) is 12.7. The van der Waals surface area contributed by atoms with Crippen LogP contribution in [-0.4, -0.2) is 23.0 Å². The molecule has 6 heteroatoms. The Bertz CT molecular complexity index is 575. The number of carbonyl (C=O) groups excluding carboxylic acids is 1. The van der Waals surface area contributed by atoms with Crippen molar-refractivity contribution in [1.82, 2.24) is 9.97 Å². The van der Waals surface area contributed by atoms with E-state index in [1.807, 2.05) is 18.2 Å². The number of rotatable bonds is 3. The van der Waals surface area contributed by atoms with Crippen LogP contribution in [0.5, 0.6) is 11.6 Å². The summed E-state index contributed by atoms with van der Waals surface area (Å²) < 4.78 is 11.1.